The molecule has 0 aromatic carbocycles. The summed E-state index contributed by atoms with van der Waals surface area (Å²) in [5.74, 6) is 0.517. The summed E-state index contributed by atoms with van der Waals surface area (Å²) in [6.45, 7) is 2.92. The van der Waals surface area contributed by atoms with Crippen molar-refractivity contribution in [3.63, 3.8) is 0 Å². The van der Waals surface area contributed by atoms with E-state index >= 15 is 0 Å². The average Bonchev–Trinajstić information content (AvgIpc) is 3.02. The van der Waals surface area contributed by atoms with Crippen molar-refractivity contribution in [2.75, 3.05) is 25.5 Å². The number of anilines is 1. The van der Waals surface area contributed by atoms with Gasteiger partial charge in [-0.15, -0.1) is 0 Å². The SMILES string of the molecule is COc1cc(F)c(C=C2CCN(C(=O)Nc3nc(C)ns3)CC2)cn1. The smallest absolute Gasteiger partial charge is 0.323 e. The van der Waals surface area contributed by atoms with Gasteiger partial charge in [0.25, 0.3) is 0 Å². The fourth-order valence-electron chi connectivity index (χ4n) is 2.52. The number of nitrogens with one attached hydrogen (secondary N) is 1. The summed E-state index contributed by atoms with van der Waals surface area (Å²) in [5, 5.41) is 3.24. The van der Waals surface area contributed by atoms with Gasteiger partial charge in [-0.3, -0.25) is 5.32 Å². The van der Waals surface area contributed by atoms with Crippen molar-refractivity contribution >= 4 is 28.8 Å². The van der Waals surface area contributed by atoms with E-state index in [-0.39, 0.29) is 17.7 Å². The van der Waals surface area contributed by atoms with Gasteiger partial charge in [-0.1, -0.05) is 11.6 Å². The number of hydrogen-bond donors (Lipinski definition) is 1. The Kier molecular flexibility index (Phi) is 5.22. The normalized spacial score (nSPS) is 14.4. The van der Waals surface area contributed by atoms with Crippen LogP contribution in [0.25, 0.3) is 6.08 Å². The van der Waals surface area contributed by atoms with Crippen LogP contribution in [0.3, 0.4) is 0 Å². The molecule has 1 fully saturated rings. The Bertz CT molecular complexity index is 798. The Hall–Kier alpha value is -2.55. The molecule has 3 heterocycles. The lowest BCUT2D eigenvalue weighted by atomic mass is 10.0. The molecule has 2 aromatic heterocycles. The molecule has 2 amide bonds. The standard InChI is InChI=1S/C16H18FN5O2S/c1-10-19-15(25-21-10)20-16(23)22-5-3-11(4-6-22)7-12-9-18-14(24-2)8-13(12)17/h7-9H,3-6H2,1-2H3,(H,19,20,21,23). The lowest BCUT2D eigenvalue weighted by Crippen LogP contribution is -2.39. The van der Waals surface area contributed by atoms with E-state index in [4.69, 9.17) is 4.74 Å². The van der Waals surface area contributed by atoms with E-state index in [2.05, 4.69) is 19.7 Å². The molecule has 0 bridgehead atoms. The van der Waals surface area contributed by atoms with Crippen molar-refractivity contribution in [2.24, 2.45) is 0 Å². The molecule has 3 rings (SSSR count). The zero-order valence-corrected chi connectivity index (χ0v) is 14.8. The highest BCUT2D eigenvalue weighted by Gasteiger charge is 2.20. The molecule has 0 unspecified atom stereocenters. The van der Waals surface area contributed by atoms with Crippen LogP contribution in [-0.2, 0) is 0 Å². The second-order valence-electron chi connectivity index (χ2n) is 5.61. The fraction of sp³-hybridized carbons (Fsp3) is 0.375. The molecule has 0 atom stereocenters. The topological polar surface area (TPSA) is 80.2 Å². The molecular weight excluding hydrogens is 345 g/mol. The van der Waals surface area contributed by atoms with Gasteiger partial charge >= 0.3 is 6.03 Å². The van der Waals surface area contributed by atoms with E-state index in [9.17, 15) is 9.18 Å². The summed E-state index contributed by atoms with van der Waals surface area (Å²) in [6.07, 6.45) is 4.63. The molecule has 25 heavy (non-hydrogen) atoms. The van der Waals surface area contributed by atoms with Gasteiger partial charge in [0.15, 0.2) is 0 Å². The van der Waals surface area contributed by atoms with Crippen LogP contribution in [-0.4, -0.2) is 45.5 Å². The Labute approximate surface area is 148 Å². The summed E-state index contributed by atoms with van der Waals surface area (Å²) in [7, 11) is 1.45. The third-order valence-electron chi connectivity index (χ3n) is 3.86. The highest BCUT2D eigenvalue weighted by molar-refractivity contribution is 7.09. The van der Waals surface area contributed by atoms with Gasteiger partial charge in [0.05, 0.1) is 7.11 Å². The number of aryl methyl sites for hydroxylation is 1. The van der Waals surface area contributed by atoms with Gasteiger partial charge in [0, 0.05) is 42.4 Å². The third-order valence-corrected chi connectivity index (χ3v) is 4.58. The highest BCUT2D eigenvalue weighted by atomic mass is 32.1. The van der Waals surface area contributed by atoms with Crippen LogP contribution in [0.1, 0.15) is 24.2 Å². The van der Waals surface area contributed by atoms with Crippen LogP contribution in [0.4, 0.5) is 14.3 Å². The van der Waals surface area contributed by atoms with Crippen molar-refractivity contribution < 1.29 is 13.9 Å². The number of pyridine rings is 1. The van der Waals surface area contributed by atoms with Gasteiger partial charge in [-0.25, -0.2) is 19.2 Å². The summed E-state index contributed by atoms with van der Waals surface area (Å²) in [5.41, 5.74) is 1.51. The van der Waals surface area contributed by atoms with E-state index in [1.54, 1.807) is 17.9 Å². The number of urea groups is 1. The number of nitrogens with zero attached hydrogens (tertiary/aromatic N) is 4. The minimum Gasteiger partial charge on any atom is -0.481 e. The predicted molar refractivity (Wildman–Crippen MR) is 93.2 cm³/mol. The molecule has 0 saturated carbocycles. The molecule has 0 radical (unpaired) electrons. The van der Waals surface area contributed by atoms with Gasteiger partial charge in [0.2, 0.25) is 11.0 Å². The molecule has 0 spiro atoms. The third kappa shape index (κ3) is 4.30. The van der Waals surface area contributed by atoms with Gasteiger partial charge in [-0.05, 0) is 19.8 Å². The first-order valence-electron chi connectivity index (χ1n) is 7.80. The predicted octanol–water partition coefficient (Wildman–Crippen LogP) is 3.10. The van der Waals surface area contributed by atoms with Crippen LogP contribution >= 0.6 is 11.5 Å². The van der Waals surface area contributed by atoms with E-state index < -0.39 is 0 Å². The molecule has 1 N–H and O–H groups in total. The van der Waals surface area contributed by atoms with E-state index in [0.717, 1.165) is 17.1 Å². The fourth-order valence-corrected chi connectivity index (χ4v) is 3.09. The molecule has 1 saturated heterocycles. The van der Waals surface area contributed by atoms with E-state index in [1.165, 1.54) is 19.4 Å². The number of halogens is 1. The average molecular weight is 363 g/mol. The number of aromatic nitrogens is 3. The second kappa shape index (κ2) is 7.56. The molecule has 0 aliphatic carbocycles. The lowest BCUT2D eigenvalue weighted by Gasteiger charge is -2.28. The zero-order chi connectivity index (χ0) is 17.8. The summed E-state index contributed by atoms with van der Waals surface area (Å²) in [4.78, 5) is 22.1. The number of ether oxygens (including phenoxy) is 1. The number of piperidine rings is 1. The Balaban J connectivity index is 1.58. The maximum Gasteiger partial charge on any atom is 0.323 e. The number of carbonyl (C=O) groups is 1. The van der Waals surface area contributed by atoms with Crippen molar-refractivity contribution in [2.45, 2.75) is 19.8 Å². The number of rotatable bonds is 3. The maximum absolute atomic E-state index is 14.0. The molecular formula is C16H18FN5O2S. The van der Waals surface area contributed by atoms with Gasteiger partial charge in [0.1, 0.15) is 11.6 Å². The largest absolute Gasteiger partial charge is 0.481 e. The van der Waals surface area contributed by atoms with Crippen LogP contribution < -0.4 is 10.1 Å². The van der Waals surface area contributed by atoms with Crippen molar-refractivity contribution in [3.05, 3.63) is 35.0 Å². The Morgan fingerprint density at radius 3 is 2.80 bits per heavy atom. The molecule has 9 heteroatoms. The first-order chi connectivity index (χ1) is 12.0. The molecule has 1 aliphatic heterocycles. The number of amides is 2. The Morgan fingerprint density at radius 2 is 2.20 bits per heavy atom. The molecule has 2 aromatic rings. The number of likely N-dealkylation sites (tertiary alicyclic amines) is 1. The lowest BCUT2D eigenvalue weighted by molar-refractivity contribution is 0.208. The number of carbonyl (C=O) groups excluding carboxylic acids is 1. The maximum atomic E-state index is 14.0. The highest BCUT2D eigenvalue weighted by Crippen LogP contribution is 2.22. The minimum atomic E-state index is -0.369. The van der Waals surface area contributed by atoms with Gasteiger partial charge < -0.3 is 9.64 Å². The van der Waals surface area contributed by atoms with Crippen LogP contribution in [0.15, 0.2) is 17.8 Å². The summed E-state index contributed by atoms with van der Waals surface area (Å²) in [6, 6.07) is 1.08. The molecule has 7 nitrogen and oxygen atoms in total. The molecule has 1 aliphatic rings. The van der Waals surface area contributed by atoms with E-state index in [1.807, 2.05) is 0 Å². The minimum absolute atomic E-state index is 0.188. The molecule has 132 valence electrons. The van der Waals surface area contributed by atoms with Crippen molar-refractivity contribution in [3.8, 4) is 5.88 Å². The van der Waals surface area contributed by atoms with Gasteiger partial charge in [-0.2, -0.15) is 4.37 Å². The number of hydrogen-bond acceptors (Lipinski definition) is 6. The monoisotopic (exact) mass is 363 g/mol. The van der Waals surface area contributed by atoms with Crippen LogP contribution in [0.2, 0.25) is 0 Å². The summed E-state index contributed by atoms with van der Waals surface area (Å²) < 4.78 is 22.9. The summed E-state index contributed by atoms with van der Waals surface area (Å²) >= 11 is 1.16. The second-order valence-corrected chi connectivity index (χ2v) is 6.37. The van der Waals surface area contributed by atoms with E-state index in [0.29, 0.717) is 42.5 Å². The van der Waals surface area contributed by atoms with Crippen LogP contribution in [0.5, 0.6) is 5.88 Å². The zero-order valence-electron chi connectivity index (χ0n) is 14.0. The first-order valence-corrected chi connectivity index (χ1v) is 8.57. The van der Waals surface area contributed by atoms with Crippen molar-refractivity contribution in [1.29, 1.82) is 0 Å². The number of methoxy groups -OCH3 is 1. The quantitative estimate of drug-likeness (QED) is 0.906. The Morgan fingerprint density at radius 1 is 1.44 bits per heavy atom. The first kappa shape index (κ1) is 17.3. The van der Waals surface area contributed by atoms with Crippen LogP contribution in [0, 0.1) is 12.7 Å². The van der Waals surface area contributed by atoms with Crippen molar-refractivity contribution in [1.82, 2.24) is 19.2 Å².